The summed E-state index contributed by atoms with van der Waals surface area (Å²) in [5, 5.41) is 0. The highest BCUT2D eigenvalue weighted by Crippen LogP contribution is 2.26. The molecule has 0 heterocycles. The van der Waals surface area contributed by atoms with E-state index in [1.54, 1.807) is 7.11 Å². The van der Waals surface area contributed by atoms with Crippen molar-refractivity contribution in [2.75, 3.05) is 30.9 Å². The molecule has 1 rings (SSSR count). The Morgan fingerprint density at radius 2 is 2.12 bits per heavy atom. The summed E-state index contributed by atoms with van der Waals surface area (Å²) in [6, 6.07) is 6.70. The number of ether oxygens (including phenoxy) is 1. The molecule has 1 unspecified atom stereocenters. The number of rotatable bonds is 6. The third-order valence-electron chi connectivity index (χ3n) is 3.15. The number of hydrogen-bond donors (Lipinski definition) is 1. The van der Waals surface area contributed by atoms with E-state index in [2.05, 4.69) is 37.8 Å². The van der Waals surface area contributed by atoms with Gasteiger partial charge in [-0.1, -0.05) is 13.0 Å². The first-order valence-electron chi connectivity index (χ1n) is 6.21. The molecular formula is C14H24N2O. The van der Waals surface area contributed by atoms with E-state index in [-0.39, 0.29) is 0 Å². The Hall–Kier alpha value is -1.22. The average molecular weight is 236 g/mol. The van der Waals surface area contributed by atoms with Gasteiger partial charge < -0.3 is 15.4 Å². The van der Waals surface area contributed by atoms with Crippen molar-refractivity contribution in [3.8, 4) is 0 Å². The molecule has 3 heteroatoms. The lowest BCUT2D eigenvalue weighted by atomic mass is 10.1. The molecule has 1 aromatic carbocycles. The molecule has 0 aliphatic heterocycles. The Labute approximate surface area is 105 Å². The van der Waals surface area contributed by atoms with Crippen LogP contribution in [0.1, 0.15) is 25.8 Å². The molecule has 0 saturated heterocycles. The van der Waals surface area contributed by atoms with E-state index < -0.39 is 0 Å². The summed E-state index contributed by atoms with van der Waals surface area (Å²) < 4.78 is 5.17. The van der Waals surface area contributed by atoms with Crippen LogP contribution in [0.4, 0.5) is 11.4 Å². The Kier molecular flexibility index (Phi) is 5.29. The third kappa shape index (κ3) is 3.63. The van der Waals surface area contributed by atoms with Gasteiger partial charge in [0.15, 0.2) is 0 Å². The summed E-state index contributed by atoms with van der Waals surface area (Å²) in [7, 11) is 1.73. The second-order valence-corrected chi connectivity index (χ2v) is 4.51. The number of hydrogen-bond acceptors (Lipinski definition) is 3. The van der Waals surface area contributed by atoms with Gasteiger partial charge in [0, 0.05) is 19.7 Å². The molecule has 3 nitrogen and oxygen atoms in total. The topological polar surface area (TPSA) is 38.5 Å². The molecule has 0 aromatic heterocycles. The fourth-order valence-electron chi connectivity index (χ4n) is 1.92. The van der Waals surface area contributed by atoms with E-state index in [9.17, 15) is 0 Å². The first kappa shape index (κ1) is 13.8. The number of aryl methyl sites for hydroxylation is 1. The quantitative estimate of drug-likeness (QED) is 0.772. The van der Waals surface area contributed by atoms with Crippen molar-refractivity contribution in [1.29, 1.82) is 0 Å². The van der Waals surface area contributed by atoms with Gasteiger partial charge in [-0.05, 0) is 38.0 Å². The Morgan fingerprint density at radius 1 is 1.41 bits per heavy atom. The van der Waals surface area contributed by atoms with E-state index in [0.29, 0.717) is 6.04 Å². The van der Waals surface area contributed by atoms with Gasteiger partial charge >= 0.3 is 0 Å². The van der Waals surface area contributed by atoms with Crippen LogP contribution in [0.15, 0.2) is 18.2 Å². The molecule has 17 heavy (non-hydrogen) atoms. The van der Waals surface area contributed by atoms with Crippen LogP contribution in [0.5, 0.6) is 0 Å². The highest BCUT2D eigenvalue weighted by Gasteiger charge is 2.14. The lowest BCUT2D eigenvalue weighted by Crippen LogP contribution is -2.35. The smallest absolute Gasteiger partial charge is 0.0637 e. The Bertz CT molecular complexity index is 352. The fourth-order valence-corrected chi connectivity index (χ4v) is 1.92. The predicted molar refractivity (Wildman–Crippen MR) is 74.6 cm³/mol. The van der Waals surface area contributed by atoms with E-state index in [4.69, 9.17) is 10.5 Å². The molecule has 0 aliphatic rings. The number of benzene rings is 1. The van der Waals surface area contributed by atoms with E-state index in [1.807, 2.05) is 6.07 Å². The minimum atomic E-state index is 0.468. The minimum absolute atomic E-state index is 0.468. The Balaban J connectivity index is 2.95. The number of nitrogens with zero attached hydrogens (tertiary/aromatic N) is 1. The zero-order valence-corrected chi connectivity index (χ0v) is 11.4. The van der Waals surface area contributed by atoms with Gasteiger partial charge in [0.1, 0.15) is 0 Å². The SMILES string of the molecule is CCC(C)N(CCOC)c1ccc(C)cc1N. The van der Waals surface area contributed by atoms with Crippen molar-refractivity contribution >= 4 is 11.4 Å². The van der Waals surface area contributed by atoms with Crippen molar-refractivity contribution in [3.05, 3.63) is 23.8 Å². The normalized spacial score (nSPS) is 12.5. The summed E-state index contributed by atoms with van der Waals surface area (Å²) in [5.74, 6) is 0. The van der Waals surface area contributed by atoms with Gasteiger partial charge in [-0.15, -0.1) is 0 Å². The molecule has 0 radical (unpaired) electrons. The maximum Gasteiger partial charge on any atom is 0.0637 e. The average Bonchev–Trinajstić information content (AvgIpc) is 2.31. The van der Waals surface area contributed by atoms with Gasteiger partial charge in [0.05, 0.1) is 18.0 Å². The molecule has 0 fully saturated rings. The van der Waals surface area contributed by atoms with Crippen LogP contribution in [0, 0.1) is 6.92 Å². The molecular weight excluding hydrogens is 212 g/mol. The maximum absolute atomic E-state index is 6.10. The van der Waals surface area contributed by atoms with E-state index in [0.717, 1.165) is 30.9 Å². The van der Waals surface area contributed by atoms with Crippen molar-refractivity contribution in [1.82, 2.24) is 0 Å². The minimum Gasteiger partial charge on any atom is -0.397 e. The number of nitrogens with two attached hydrogens (primary N) is 1. The summed E-state index contributed by atoms with van der Waals surface area (Å²) in [6.45, 7) is 8.06. The highest BCUT2D eigenvalue weighted by atomic mass is 16.5. The van der Waals surface area contributed by atoms with Crippen LogP contribution in [-0.2, 0) is 4.74 Å². The standard InChI is InChI=1S/C14H24N2O/c1-5-12(3)16(8-9-17-4)14-7-6-11(2)10-13(14)15/h6-7,10,12H,5,8-9,15H2,1-4H3. The lowest BCUT2D eigenvalue weighted by molar-refractivity contribution is 0.203. The van der Waals surface area contributed by atoms with Crippen LogP contribution >= 0.6 is 0 Å². The summed E-state index contributed by atoms with van der Waals surface area (Å²) >= 11 is 0. The largest absolute Gasteiger partial charge is 0.397 e. The van der Waals surface area contributed by atoms with Gasteiger partial charge in [-0.2, -0.15) is 0 Å². The Morgan fingerprint density at radius 3 is 2.65 bits per heavy atom. The second-order valence-electron chi connectivity index (χ2n) is 4.51. The third-order valence-corrected chi connectivity index (χ3v) is 3.15. The van der Waals surface area contributed by atoms with Gasteiger partial charge in [-0.25, -0.2) is 0 Å². The van der Waals surface area contributed by atoms with Crippen molar-refractivity contribution in [3.63, 3.8) is 0 Å². The van der Waals surface area contributed by atoms with Gasteiger partial charge in [-0.3, -0.25) is 0 Å². The fraction of sp³-hybridized carbons (Fsp3) is 0.571. The predicted octanol–water partition coefficient (Wildman–Crippen LogP) is 2.83. The highest BCUT2D eigenvalue weighted by molar-refractivity contribution is 5.68. The second kappa shape index (κ2) is 6.50. The van der Waals surface area contributed by atoms with Crippen LogP contribution in [0.3, 0.4) is 0 Å². The van der Waals surface area contributed by atoms with Crippen molar-refractivity contribution < 1.29 is 4.74 Å². The van der Waals surface area contributed by atoms with Crippen LogP contribution in [-0.4, -0.2) is 26.3 Å². The van der Waals surface area contributed by atoms with Crippen LogP contribution in [0.25, 0.3) is 0 Å². The van der Waals surface area contributed by atoms with E-state index in [1.165, 1.54) is 5.56 Å². The number of methoxy groups -OCH3 is 1. The molecule has 0 bridgehead atoms. The molecule has 0 saturated carbocycles. The zero-order chi connectivity index (χ0) is 12.8. The monoisotopic (exact) mass is 236 g/mol. The van der Waals surface area contributed by atoms with Gasteiger partial charge in [0.25, 0.3) is 0 Å². The molecule has 0 spiro atoms. The molecule has 96 valence electrons. The van der Waals surface area contributed by atoms with E-state index >= 15 is 0 Å². The molecule has 0 amide bonds. The van der Waals surface area contributed by atoms with Crippen LogP contribution in [0.2, 0.25) is 0 Å². The summed E-state index contributed by atoms with van der Waals surface area (Å²) in [5.41, 5.74) is 9.26. The maximum atomic E-state index is 6.10. The van der Waals surface area contributed by atoms with Crippen molar-refractivity contribution in [2.45, 2.75) is 33.2 Å². The zero-order valence-electron chi connectivity index (χ0n) is 11.4. The first-order valence-corrected chi connectivity index (χ1v) is 6.21. The first-order chi connectivity index (χ1) is 8.10. The molecule has 0 aliphatic carbocycles. The molecule has 1 aromatic rings. The van der Waals surface area contributed by atoms with Crippen LogP contribution < -0.4 is 10.6 Å². The van der Waals surface area contributed by atoms with Crippen molar-refractivity contribution in [2.24, 2.45) is 0 Å². The van der Waals surface area contributed by atoms with Gasteiger partial charge in [0.2, 0.25) is 0 Å². The molecule has 2 N–H and O–H groups in total. The summed E-state index contributed by atoms with van der Waals surface area (Å²) in [4.78, 5) is 2.32. The summed E-state index contributed by atoms with van der Waals surface area (Å²) in [6.07, 6.45) is 1.09. The lowest BCUT2D eigenvalue weighted by Gasteiger charge is -2.31. The number of nitrogen functional groups attached to an aromatic ring is 1. The molecule has 1 atom stereocenters. The number of anilines is 2.